The fraction of sp³-hybridized carbons (Fsp3) is 0.182. The number of benzene rings is 1. The molecule has 0 bridgehead atoms. The molecular formula is C11H11FN2O. The Morgan fingerprint density at radius 1 is 1.33 bits per heavy atom. The van der Waals surface area contributed by atoms with E-state index in [4.69, 9.17) is 0 Å². The van der Waals surface area contributed by atoms with Crippen LogP contribution >= 0.6 is 0 Å². The summed E-state index contributed by atoms with van der Waals surface area (Å²) in [5.41, 5.74) is 1.13. The number of rotatable bonds is 1. The van der Waals surface area contributed by atoms with E-state index in [1.165, 1.54) is 6.07 Å². The van der Waals surface area contributed by atoms with Crippen molar-refractivity contribution in [1.82, 2.24) is 9.55 Å². The van der Waals surface area contributed by atoms with Gasteiger partial charge in [0.15, 0.2) is 11.6 Å². The molecule has 0 radical (unpaired) electrons. The summed E-state index contributed by atoms with van der Waals surface area (Å²) in [6.07, 6.45) is 1.73. The molecule has 0 aliphatic rings. The van der Waals surface area contributed by atoms with Gasteiger partial charge in [0.2, 0.25) is 0 Å². The lowest BCUT2D eigenvalue weighted by molar-refractivity contribution is 0.431. The van der Waals surface area contributed by atoms with Gasteiger partial charge in [-0.15, -0.1) is 0 Å². The van der Waals surface area contributed by atoms with Gasteiger partial charge in [-0.1, -0.05) is 6.07 Å². The minimum Gasteiger partial charge on any atom is -0.505 e. The topological polar surface area (TPSA) is 38.0 Å². The fourth-order valence-electron chi connectivity index (χ4n) is 1.56. The van der Waals surface area contributed by atoms with Gasteiger partial charge in [-0.2, -0.15) is 0 Å². The summed E-state index contributed by atoms with van der Waals surface area (Å²) < 4.78 is 15.2. The number of hydrogen-bond acceptors (Lipinski definition) is 2. The van der Waals surface area contributed by atoms with Crippen LogP contribution in [0, 0.1) is 19.7 Å². The SMILES string of the molecule is Cc1cn(-c2cccc(O)c2F)c(C)n1. The van der Waals surface area contributed by atoms with E-state index < -0.39 is 5.82 Å². The summed E-state index contributed by atoms with van der Waals surface area (Å²) in [4.78, 5) is 4.17. The molecule has 2 aromatic rings. The molecule has 15 heavy (non-hydrogen) atoms. The van der Waals surface area contributed by atoms with Crippen LogP contribution in [0.25, 0.3) is 5.69 Å². The number of hydrogen-bond donors (Lipinski definition) is 1. The van der Waals surface area contributed by atoms with Crippen LogP contribution < -0.4 is 0 Å². The third-order valence-electron chi connectivity index (χ3n) is 2.22. The van der Waals surface area contributed by atoms with Crippen molar-refractivity contribution in [2.24, 2.45) is 0 Å². The number of imidazole rings is 1. The molecule has 0 spiro atoms. The molecule has 1 heterocycles. The van der Waals surface area contributed by atoms with E-state index in [0.717, 1.165) is 5.69 Å². The summed E-state index contributed by atoms with van der Waals surface area (Å²) in [5, 5.41) is 9.25. The van der Waals surface area contributed by atoms with E-state index in [2.05, 4.69) is 4.98 Å². The zero-order valence-corrected chi connectivity index (χ0v) is 8.53. The van der Waals surface area contributed by atoms with Crippen molar-refractivity contribution in [3.63, 3.8) is 0 Å². The third kappa shape index (κ3) is 1.58. The normalized spacial score (nSPS) is 10.6. The van der Waals surface area contributed by atoms with Crippen LogP contribution in [0.15, 0.2) is 24.4 Å². The van der Waals surface area contributed by atoms with Crippen molar-refractivity contribution in [1.29, 1.82) is 0 Å². The Morgan fingerprint density at radius 3 is 2.67 bits per heavy atom. The van der Waals surface area contributed by atoms with Crippen LogP contribution in [-0.4, -0.2) is 14.7 Å². The lowest BCUT2D eigenvalue weighted by atomic mass is 10.3. The van der Waals surface area contributed by atoms with Crippen LogP contribution in [0.5, 0.6) is 5.75 Å². The smallest absolute Gasteiger partial charge is 0.188 e. The van der Waals surface area contributed by atoms with Crippen molar-refractivity contribution in [2.75, 3.05) is 0 Å². The van der Waals surface area contributed by atoms with Crippen LogP contribution in [0.4, 0.5) is 4.39 Å². The maximum Gasteiger partial charge on any atom is 0.188 e. The first-order valence-corrected chi connectivity index (χ1v) is 4.60. The molecule has 0 unspecified atom stereocenters. The van der Waals surface area contributed by atoms with Gasteiger partial charge in [-0.25, -0.2) is 9.37 Å². The van der Waals surface area contributed by atoms with Gasteiger partial charge >= 0.3 is 0 Å². The van der Waals surface area contributed by atoms with E-state index in [1.54, 1.807) is 29.8 Å². The average molecular weight is 206 g/mol. The number of aromatic nitrogens is 2. The first-order valence-electron chi connectivity index (χ1n) is 4.60. The molecule has 0 fully saturated rings. The molecule has 0 atom stereocenters. The van der Waals surface area contributed by atoms with Gasteiger partial charge in [0.05, 0.1) is 11.4 Å². The maximum atomic E-state index is 13.6. The van der Waals surface area contributed by atoms with E-state index in [1.807, 2.05) is 6.92 Å². The molecule has 1 aromatic heterocycles. The quantitative estimate of drug-likeness (QED) is 0.777. The standard InChI is InChI=1S/C11H11FN2O/c1-7-6-14(8(2)13-7)9-4-3-5-10(15)11(9)12/h3-6,15H,1-2H3. The molecule has 0 saturated carbocycles. The lowest BCUT2D eigenvalue weighted by Crippen LogP contribution is -1.98. The molecule has 2 rings (SSSR count). The van der Waals surface area contributed by atoms with Crippen LogP contribution in [0.1, 0.15) is 11.5 Å². The largest absolute Gasteiger partial charge is 0.505 e. The molecule has 78 valence electrons. The third-order valence-corrected chi connectivity index (χ3v) is 2.22. The summed E-state index contributed by atoms with van der Waals surface area (Å²) in [6, 6.07) is 4.52. The van der Waals surface area contributed by atoms with E-state index >= 15 is 0 Å². The van der Waals surface area contributed by atoms with Gasteiger partial charge in [0, 0.05) is 6.20 Å². The highest BCUT2D eigenvalue weighted by Crippen LogP contribution is 2.23. The van der Waals surface area contributed by atoms with Crippen LogP contribution in [0.3, 0.4) is 0 Å². The van der Waals surface area contributed by atoms with E-state index in [-0.39, 0.29) is 5.75 Å². The number of nitrogens with zero attached hydrogens (tertiary/aromatic N) is 2. The molecule has 3 nitrogen and oxygen atoms in total. The minimum atomic E-state index is -0.627. The van der Waals surface area contributed by atoms with Crippen molar-refractivity contribution >= 4 is 0 Å². The van der Waals surface area contributed by atoms with Crippen LogP contribution in [-0.2, 0) is 0 Å². The highest BCUT2D eigenvalue weighted by molar-refractivity contribution is 5.42. The second kappa shape index (κ2) is 3.38. The molecule has 0 saturated heterocycles. The molecule has 4 heteroatoms. The Labute approximate surface area is 86.8 Å². The Kier molecular flexibility index (Phi) is 2.19. The predicted octanol–water partition coefficient (Wildman–Crippen LogP) is 2.33. The zero-order chi connectivity index (χ0) is 11.0. The fourth-order valence-corrected chi connectivity index (χ4v) is 1.56. The number of phenolic OH excluding ortho intramolecular Hbond substituents is 1. The number of aryl methyl sites for hydroxylation is 2. The van der Waals surface area contributed by atoms with Gasteiger partial charge in [0.1, 0.15) is 5.82 Å². The molecule has 1 N–H and O–H groups in total. The summed E-state index contributed by atoms with van der Waals surface area (Å²) >= 11 is 0. The second-order valence-electron chi connectivity index (χ2n) is 3.41. The van der Waals surface area contributed by atoms with Crippen molar-refractivity contribution in [3.05, 3.63) is 41.7 Å². The van der Waals surface area contributed by atoms with Gasteiger partial charge in [-0.05, 0) is 26.0 Å². The second-order valence-corrected chi connectivity index (χ2v) is 3.41. The molecule has 0 aliphatic heterocycles. The summed E-state index contributed by atoms with van der Waals surface area (Å²) in [6.45, 7) is 3.63. The first kappa shape index (κ1) is 9.71. The van der Waals surface area contributed by atoms with Crippen molar-refractivity contribution in [2.45, 2.75) is 13.8 Å². The average Bonchev–Trinajstić information content (AvgIpc) is 2.50. The Morgan fingerprint density at radius 2 is 2.07 bits per heavy atom. The summed E-state index contributed by atoms with van der Waals surface area (Å²) in [7, 11) is 0. The number of aromatic hydroxyl groups is 1. The Balaban J connectivity index is 2.64. The monoisotopic (exact) mass is 206 g/mol. The van der Waals surface area contributed by atoms with Gasteiger partial charge in [0.25, 0.3) is 0 Å². The number of halogens is 1. The van der Waals surface area contributed by atoms with Gasteiger partial charge in [-0.3, -0.25) is 0 Å². The molecule has 1 aromatic carbocycles. The number of phenols is 1. The maximum absolute atomic E-state index is 13.6. The lowest BCUT2D eigenvalue weighted by Gasteiger charge is -2.06. The molecular weight excluding hydrogens is 195 g/mol. The summed E-state index contributed by atoms with van der Waals surface area (Å²) in [5.74, 6) is -0.284. The molecule has 0 aliphatic carbocycles. The van der Waals surface area contributed by atoms with Crippen LogP contribution in [0.2, 0.25) is 0 Å². The highest BCUT2D eigenvalue weighted by Gasteiger charge is 2.11. The molecule has 0 amide bonds. The van der Waals surface area contributed by atoms with Gasteiger partial charge < -0.3 is 9.67 Å². The minimum absolute atomic E-state index is 0.313. The van der Waals surface area contributed by atoms with Crippen molar-refractivity contribution < 1.29 is 9.50 Å². The van der Waals surface area contributed by atoms with Crippen molar-refractivity contribution in [3.8, 4) is 11.4 Å². The highest BCUT2D eigenvalue weighted by atomic mass is 19.1. The predicted molar refractivity (Wildman–Crippen MR) is 54.7 cm³/mol. The Hall–Kier alpha value is -1.84. The van der Waals surface area contributed by atoms with E-state index in [0.29, 0.717) is 11.5 Å². The zero-order valence-electron chi connectivity index (χ0n) is 8.53. The Bertz CT molecular complexity index is 505. The first-order chi connectivity index (χ1) is 7.09. The van der Waals surface area contributed by atoms with E-state index in [9.17, 15) is 9.50 Å².